The molecule has 140 valence electrons. The molecule has 1 aliphatic heterocycles. The van der Waals surface area contributed by atoms with Crippen molar-refractivity contribution in [2.24, 2.45) is 5.73 Å². The molecular formula is C17H21F3N6. The predicted octanol–water partition coefficient (Wildman–Crippen LogP) is 2.29. The molecule has 2 aromatic rings. The molecule has 0 bridgehead atoms. The van der Waals surface area contributed by atoms with E-state index in [9.17, 15) is 13.2 Å². The maximum Gasteiger partial charge on any atom is 0.417 e. The molecule has 0 radical (unpaired) electrons. The maximum absolute atomic E-state index is 12.6. The Morgan fingerprint density at radius 1 is 1.00 bits per heavy atom. The van der Waals surface area contributed by atoms with Crippen molar-refractivity contribution in [3.8, 4) is 0 Å². The predicted molar refractivity (Wildman–Crippen MR) is 93.1 cm³/mol. The lowest BCUT2D eigenvalue weighted by Crippen LogP contribution is -2.47. The smallest absolute Gasteiger partial charge is 0.353 e. The molecule has 0 amide bonds. The van der Waals surface area contributed by atoms with E-state index in [1.165, 1.54) is 6.07 Å². The van der Waals surface area contributed by atoms with E-state index >= 15 is 0 Å². The summed E-state index contributed by atoms with van der Waals surface area (Å²) in [6.07, 6.45) is -3.49. The highest BCUT2D eigenvalue weighted by atomic mass is 19.4. The normalized spacial score (nSPS) is 15.5. The van der Waals surface area contributed by atoms with Gasteiger partial charge in [0.25, 0.3) is 0 Å². The van der Waals surface area contributed by atoms with Crippen molar-refractivity contribution >= 4 is 11.6 Å². The summed E-state index contributed by atoms with van der Waals surface area (Å²) < 4.78 is 37.9. The van der Waals surface area contributed by atoms with Gasteiger partial charge in [-0.05, 0) is 37.1 Å². The zero-order valence-corrected chi connectivity index (χ0v) is 14.7. The minimum Gasteiger partial charge on any atom is -0.353 e. The first kappa shape index (κ1) is 18.4. The highest BCUT2D eigenvalue weighted by Gasteiger charge is 2.31. The SMILES string of the molecule is Cc1c(CN)nnc(N2CCN(c3ccc(C(F)(F)F)cn3)CC2)c1C. The summed E-state index contributed by atoms with van der Waals surface area (Å²) in [4.78, 5) is 8.07. The van der Waals surface area contributed by atoms with E-state index in [2.05, 4.69) is 20.1 Å². The lowest BCUT2D eigenvalue weighted by molar-refractivity contribution is -0.137. The Morgan fingerprint density at radius 3 is 2.19 bits per heavy atom. The van der Waals surface area contributed by atoms with E-state index in [0.29, 0.717) is 38.5 Å². The molecule has 0 saturated carbocycles. The molecule has 3 heterocycles. The number of alkyl halides is 3. The van der Waals surface area contributed by atoms with Crippen LogP contribution in [0.2, 0.25) is 0 Å². The minimum absolute atomic E-state index is 0.354. The van der Waals surface area contributed by atoms with Crippen LogP contribution in [0.25, 0.3) is 0 Å². The Hall–Kier alpha value is -2.42. The van der Waals surface area contributed by atoms with Crippen LogP contribution in [-0.4, -0.2) is 41.4 Å². The molecule has 6 nitrogen and oxygen atoms in total. The summed E-state index contributed by atoms with van der Waals surface area (Å²) in [6, 6.07) is 2.49. The van der Waals surface area contributed by atoms with E-state index in [1.54, 1.807) is 0 Å². The third-order valence-corrected chi connectivity index (χ3v) is 4.77. The second kappa shape index (κ2) is 7.06. The van der Waals surface area contributed by atoms with Crippen LogP contribution in [0.15, 0.2) is 18.3 Å². The fraction of sp³-hybridized carbons (Fsp3) is 0.471. The van der Waals surface area contributed by atoms with Crippen LogP contribution in [0.4, 0.5) is 24.8 Å². The van der Waals surface area contributed by atoms with E-state index < -0.39 is 11.7 Å². The molecule has 3 rings (SSSR count). The average Bonchev–Trinajstić information content (AvgIpc) is 2.63. The average molecular weight is 366 g/mol. The van der Waals surface area contributed by atoms with Crippen molar-refractivity contribution in [2.45, 2.75) is 26.6 Å². The molecule has 0 aromatic carbocycles. The lowest BCUT2D eigenvalue weighted by Gasteiger charge is -2.36. The Bertz CT molecular complexity index is 767. The number of pyridine rings is 1. The van der Waals surface area contributed by atoms with Crippen LogP contribution in [0.3, 0.4) is 0 Å². The van der Waals surface area contributed by atoms with E-state index in [-0.39, 0.29) is 0 Å². The van der Waals surface area contributed by atoms with Crippen LogP contribution < -0.4 is 15.5 Å². The number of rotatable bonds is 3. The molecule has 0 spiro atoms. The van der Waals surface area contributed by atoms with Gasteiger partial charge < -0.3 is 15.5 Å². The Balaban J connectivity index is 1.69. The van der Waals surface area contributed by atoms with Crippen LogP contribution in [0, 0.1) is 13.8 Å². The second-order valence-electron chi connectivity index (χ2n) is 6.30. The number of anilines is 2. The van der Waals surface area contributed by atoms with E-state index in [1.807, 2.05) is 18.7 Å². The summed E-state index contributed by atoms with van der Waals surface area (Å²) in [7, 11) is 0. The van der Waals surface area contributed by atoms with Crippen molar-refractivity contribution < 1.29 is 13.2 Å². The van der Waals surface area contributed by atoms with Gasteiger partial charge in [0, 0.05) is 38.9 Å². The third-order valence-electron chi connectivity index (χ3n) is 4.77. The molecule has 2 aromatic heterocycles. The largest absolute Gasteiger partial charge is 0.417 e. The number of aromatic nitrogens is 3. The molecule has 0 atom stereocenters. The molecule has 0 unspecified atom stereocenters. The Morgan fingerprint density at radius 2 is 1.65 bits per heavy atom. The molecule has 1 aliphatic rings. The highest BCUT2D eigenvalue weighted by Crippen LogP contribution is 2.30. The van der Waals surface area contributed by atoms with Crippen LogP contribution >= 0.6 is 0 Å². The Labute approximate surface area is 149 Å². The molecule has 2 N–H and O–H groups in total. The zero-order valence-electron chi connectivity index (χ0n) is 14.7. The van der Waals surface area contributed by atoms with Gasteiger partial charge in [-0.15, -0.1) is 5.10 Å². The van der Waals surface area contributed by atoms with Gasteiger partial charge in [0.1, 0.15) is 5.82 Å². The lowest BCUT2D eigenvalue weighted by atomic mass is 10.1. The molecular weight excluding hydrogens is 345 g/mol. The highest BCUT2D eigenvalue weighted by molar-refractivity contribution is 5.52. The quantitative estimate of drug-likeness (QED) is 0.899. The van der Waals surface area contributed by atoms with Gasteiger partial charge >= 0.3 is 6.18 Å². The van der Waals surface area contributed by atoms with Crippen LogP contribution in [0.1, 0.15) is 22.4 Å². The molecule has 1 saturated heterocycles. The number of halogens is 3. The van der Waals surface area contributed by atoms with Crippen molar-refractivity contribution in [1.29, 1.82) is 0 Å². The second-order valence-corrected chi connectivity index (χ2v) is 6.30. The van der Waals surface area contributed by atoms with E-state index in [4.69, 9.17) is 5.73 Å². The van der Waals surface area contributed by atoms with Gasteiger partial charge in [-0.1, -0.05) is 0 Å². The molecule has 26 heavy (non-hydrogen) atoms. The number of piperazine rings is 1. The fourth-order valence-electron chi connectivity index (χ4n) is 3.02. The van der Waals surface area contributed by atoms with Gasteiger partial charge in [-0.25, -0.2) is 4.98 Å². The first-order valence-corrected chi connectivity index (χ1v) is 8.37. The summed E-state index contributed by atoms with van der Waals surface area (Å²) in [5.41, 5.74) is 7.83. The summed E-state index contributed by atoms with van der Waals surface area (Å²) in [5, 5.41) is 8.50. The van der Waals surface area contributed by atoms with Crippen molar-refractivity contribution in [3.63, 3.8) is 0 Å². The van der Waals surface area contributed by atoms with Gasteiger partial charge in [-0.3, -0.25) is 0 Å². The minimum atomic E-state index is -4.37. The summed E-state index contributed by atoms with van der Waals surface area (Å²) in [6.45, 7) is 7.03. The summed E-state index contributed by atoms with van der Waals surface area (Å²) in [5.74, 6) is 1.38. The molecule has 1 fully saturated rings. The number of hydrogen-bond acceptors (Lipinski definition) is 6. The topological polar surface area (TPSA) is 71.2 Å². The van der Waals surface area contributed by atoms with Gasteiger partial charge in [0.05, 0.1) is 11.3 Å². The fourth-order valence-corrected chi connectivity index (χ4v) is 3.02. The van der Waals surface area contributed by atoms with Crippen LogP contribution in [0.5, 0.6) is 0 Å². The molecule has 9 heteroatoms. The standard InChI is InChI=1S/C17H21F3N6/c1-11-12(2)16(24-23-14(11)9-21)26-7-5-25(6-8-26)15-4-3-13(10-22-15)17(18,19)20/h3-4,10H,5-9,21H2,1-2H3. The molecule has 0 aliphatic carbocycles. The zero-order chi connectivity index (χ0) is 18.9. The van der Waals surface area contributed by atoms with Crippen molar-refractivity contribution in [2.75, 3.05) is 36.0 Å². The van der Waals surface area contributed by atoms with Gasteiger partial charge in [0.15, 0.2) is 5.82 Å². The maximum atomic E-state index is 12.6. The van der Waals surface area contributed by atoms with Crippen molar-refractivity contribution in [3.05, 3.63) is 40.7 Å². The van der Waals surface area contributed by atoms with Crippen LogP contribution in [-0.2, 0) is 12.7 Å². The first-order chi connectivity index (χ1) is 12.3. The van der Waals surface area contributed by atoms with E-state index in [0.717, 1.165) is 34.9 Å². The first-order valence-electron chi connectivity index (χ1n) is 8.37. The Kier molecular flexibility index (Phi) is 4.99. The van der Waals surface area contributed by atoms with Crippen molar-refractivity contribution in [1.82, 2.24) is 15.2 Å². The number of hydrogen-bond donors (Lipinski definition) is 1. The number of nitrogens with zero attached hydrogens (tertiary/aromatic N) is 5. The van der Waals surface area contributed by atoms with Gasteiger partial charge in [0.2, 0.25) is 0 Å². The monoisotopic (exact) mass is 366 g/mol. The third kappa shape index (κ3) is 3.57. The summed E-state index contributed by atoms with van der Waals surface area (Å²) >= 11 is 0. The van der Waals surface area contributed by atoms with Gasteiger partial charge in [-0.2, -0.15) is 18.3 Å². The number of nitrogens with two attached hydrogens (primary N) is 1.